The number of nitrogens with one attached hydrogen (secondary N) is 1. The second-order valence-electron chi connectivity index (χ2n) is 14.2. The quantitative estimate of drug-likeness (QED) is 0.0382. The van der Waals surface area contributed by atoms with Gasteiger partial charge in [0.25, 0.3) is 0 Å². The van der Waals surface area contributed by atoms with Crippen LogP contribution in [-0.4, -0.2) is 48.3 Å². The SMILES string of the molecule is C=CC(=O)OCC(CCCCOc1ccc(C(=O)Oc2ccc(C3CCC(CCC)CC3)cc2/C=C/C(CC)Nc2nc3ccccc3s2)cc1)OC(=O)C=C. The normalized spacial score (nSPS) is 16.5. The first-order chi connectivity index (χ1) is 27.3. The molecule has 5 rings (SSSR count). The molecular formula is C46H54N2O7S. The van der Waals surface area contributed by atoms with Crippen LogP contribution < -0.4 is 14.8 Å². The summed E-state index contributed by atoms with van der Waals surface area (Å²) < 4.78 is 23.4. The summed E-state index contributed by atoms with van der Waals surface area (Å²) in [7, 11) is 0. The molecule has 0 radical (unpaired) electrons. The molecule has 10 heteroatoms. The number of carbonyl (C=O) groups excluding carboxylic acids is 3. The molecule has 1 aromatic heterocycles. The summed E-state index contributed by atoms with van der Waals surface area (Å²) >= 11 is 1.64. The van der Waals surface area contributed by atoms with Crippen molar-refractivity contribution in [3.8, 4) is 11.5 Å². The van der Waals surface area contributed by atoms with E-state index in [1.54, 1.807) is 35.6 Å². The van der Waals surface area contributed by atoms with Crippen LogP contribution in [0.1, 0.15) is 105 Å². The minimum atomic E-state index is -0.596. The number of hydrogen-bond acceptors (Lipinski definition) is 10. The van der Waals surface area contributed by atoms with Gasteiger partial charge in [0.05, 0.1) is 22.4 Å². The van der Waals surface area contributed by atoms with E-state index in [9.17, 15) is 14.4 Å². The molecule has 56 heavy (non-hydrogen) atoms. The molecule has 4 aromatic rings. The van der Waals surface area contributed by atoms with Gasteiger partial charge in [-0.15, -0.1) is 0 Å². The molecule has 296 valence electrons. The number of nitrogens with zero attached hydrogens (tertiary/aromatic N) is 1. The lowest BCUT2D eigenvalue weighted by molar-refractivity contribution is -0.153. The van der Waals surface area contributed by atoms with Crippen molar-refractivity contribution in [2.45, 2.75) is 96.1 Å². The lowest BCUT2D eigenvalue weighted by atomic mass is 9.77. The second-order valence-corrected chi connectivity index (χ2v) is 15.2. The zero-order valence-electron chi connectivity index (χ0n) is 32.6. The maximum absolute atomic E-state index is 13.5. The van der Waals surface area contributed by atoms with E-state index in [1.165, 1.54) is 44.1 Å². The molecule has 1 heterocycles. The Hall–Kier alpha value is -5.22. The predicted molar refractivity (Wildman–Crippen MR) is 224 cm³/mol. The molecule has 1 aliphatic carbocycles. The molecule has 2 unspecified atom stereocenters. The van der Waals surface area contributed by atoms with E-state index in [2.05, 4.69) is 62.7 Å². The number of unbranched alkanes of at least 4 members (excludes halogenated alkanes) is 1. The monoisotopic (exact) mass is 778 g/mol. The number of rotatable bonds is 21. The van der Waals surface area contributed by atoms with Crippen LogP contribution in [0.4, 0.5) is 5.13 Å². The van der Waals surface area contributed by atoms with E-state index in [0.717, 1.165) is 45.4 Å². The Morgan fingerprint density at radius 2 is 1.71 bits per heavy atom. The minimum absolute atomic E-state index is 0.0399. The predicted octanol–water partition coefficient (Wildman–Crippen LogP) is 10.9. The maximum atomic E-state index is 13.5. The molecule has 0 amide bonds. The number of thiazole rings is 1. The molecule has 2 atom stereocenters. The first-order valence-electron chi connectivity index (χ1n) is 19.8. The molecule has 0 saturated heterocycles. The molecule has 0 bridgehead atoms. The van der Waals surface area contributed by atoms with Gasteiger partial charge in [-0.1, -0.05) is 81.5 Å². The molecule has 1 saturated carbocycles. The highest BCUT2D eigenvalue weighted by molar-refractivity contribution is 7.22. The lowest BCUT2D eigenvalue weighted by Crippen LogP contribution is -2.24. The van der Waals surface area contributed by atoms with E-state index < -0.39 is 24.0 Å². The topological polar surface area (TPSA) is 113 Å². The fourth-order valence-corrected chi connectivity index (χ4v) is 7.90. The van der Waals surface area contributed by atoms with Crippen molar-refractivity contribution in [2.24, 2.45) is 5.92 Å². The minimum Gasteiger partial charge on any atom is -0.494 e. The Balaban J connectivity index is 1.21. The largest absolute Gasteiger partial charge is 0.494 e. The Kier molecular flexibility index (Phi) is 16.3. The standard InChI is InChI=1S/C46H54N2O7S/c1-5-13-32-17-19-33(20-18-32)35-24-28-41(36(30-35)21-25-37(6-2)47-46-48-40-15-9-10-16-42(40)56-46)55-45(51)34-22-26-38(27-23-34)52-29-12-11-14-39(54-44(50)8-4)31-53-43(49)7-3/h7-10,15-16,21-28,30,32-33,37,39H,3-6,11-14,17-20,29,31H2,1-2H3,(H,47,48)/b25-21+. The van der Waals surface area contributed by atoms with Crippen LogP contribution in [-0.2, 0) is 19.1 Å². The van der Waals surface area contributed by atoms with Crippen molar-refractivity contribution >= 4 is 50.7 Å². The van der Waals surface area contributed by atoms with Crippen molar-refractivity contribution < 1.29 is 33.3 Å². The number of aromatic nitrogens is 1. The van der Waals surface area contributed by atoms with Gasteiger partial charge in [-0.05, 0) is 117 Å². The summed E-state index contributed by atoms with van der Waals surface area (Å²) in [6.07, 6.45) is 15.8. The molecule has 3 aromatic carbocycles. The van der Waals surface area contributed by atoms with Gasteiger partial charge in [0, 0.05) is 23.8 Å². The number of para-hydroxylation sites is 1. The van der Waals surface area contributed by atoms with Crippen LogP contribution in [0.3, 0.4) is 0 Å². The molecule has 1 fully saturated rings. The van der Waals surface area contributed by atoms with Crippen molar-refractivity contribution in [1.29, 1.82) is 0 Å². The highest BCUT2D eigenvalue weighted by Crippen LogP contribution is 2.39. The summed E-state index contributed by atoms with van der Waals surface area (Å²) in [6.45, 7) is 11.5. The van der Waals surface area contributed by atoms with Gasteiger partial charge in [-0.2, -0.15) is 0 Å². The van der Waals surface area contributed by atoms with Gasteiger partial charge >= 0.3 is 17.9 Å². The molecule has 1 N–H and O–H groups in total. The summed E-state index contributed by atoms with van der Waals surface area (Å²) in [4.78, 5) is 41.4. The molecule has 0 spiro atoms. The number of anilines is 1. The Morgan fingerprint density at radius 1 is 0.946 bits per heavy atom. The van der Waals surface area contributed by atoms with E-state index in [0.29, 0.717) is 48.8 Å². The summed E-state index contributed by atoms with van der Waals surface area (Å²) in [5.41, 5.74) is 3.55. The van der Waals surface area contributed by atoms with Crippen LogP contribution in [0.15, 0.2) is 98.1 Å². The highest BCUT2D eigenvalue weighted by atomic mass is 32.1. The smallest absolute Gasteiger partial charge is 0.343 e. The molecule has 1 aliphatic rings. The summed E-state index contributed by atoms with van der Waals surface area (Å²) in [5, 5.41) is 4.46. The fraction of sp³-hybridized carbons (Fsp3) is 0.391. The zero-order chi connectivity index (χ0) is 39.7. The van der Waals surface area contributed by atoms with E-state index >= 15 is 0 Å². The lowest BCUT2D eigenvalue weighted by Gasteiger charge is -2.29. The van der Waals surface area contributed by atoms with Gasteiger partial charge in [-0.25, -0.2) is 19.4 Å². The fourth-order valence-electron chi connectivity index (χ4n) is 6.97. The number of benzene rings is 3. The van der Waals surface area contributed by atoms with Crippen LogP contribution in [0, 0.1) is 5.92 Å². The van der Waals surface area contributed by atoms with Gasteiger partial charge in [0.2, 0.25) is 0 Å². The van der Waals surface area contributed by atoms with Crippen molar-refractivity contribution in [3.05, 3.63) is 115 Å². The Morgan fingerprint density at radius 3 is 2.43 bits per heavy atom. The van der Waals surface area contributed by atoms with Crippen molar-refractivity contribution in [3.63, 3.8) is 0 Å². The van der Waals surface area contributed by atoms with Gasteiger partial charge in [0.15, 0.2) is 5.13 Å². The number of ether oxygens (including phenoxy) is 4. The third-order valence-corrected chi connectivity index (χ3v) is 11.1. The number of carbonyl (C=O) groups is 3. The third kappa shape index (κ3) is 12.7. The van der Waals surface area contributed by atoms with Crippen molar-refractivity contribution in [2.75, 3.05) is 18.5 Å². The number of hydrogen-bond donors (Lipinski definition) is 1. The van der Waals surface area contributed by atoms with Gasteiger partial charge in [0.1, 0.15) is 24.2 Å². The van der Waals surface area contributed by atoms with Crippen LogP contribution in [0.2, 0.25) is 0 Å². The third-order valence-electron chi connectivity index (χ3n) is 10.1. The van der Waals surface area contributed by atoms with Crippen LogP contribution in [0.25, 0.3) is 16.3 Å². The maximum Gasteiger partial charge on any atom is 0.343 e. The Bertz CT molecular complexity index is 1910. The van der Waals surface area contributed by atoms with Gasteiger partial charge < -0.3 is 24.3 Å². The van der Waals surface area contributed by atoms with Gasteiger partial charge in [-0.3, -0.25) is 0 Å². The van der Waals surface area contributed by atoms with Crippen LogP contribution >= 0.6 is 11.3 Å². The number of fused-ring (bicyclic) bond motifs is 1. The first kappa shape index (κ1) is 41.9. The summed E-state index contributed by atoms with van der Waals surface area (Å²) in [6, 6.07) is 21.3. The molecular weight excluding hydrogens is 725 g/mol. The second kappa shape index (κ2) is 21.8. The zero-order valence-corrected chi connectivity index (χ0v) is 33.4. The van der Waals surface area contributed by atoms with Crippen LogP contribution in [0.5, 0.6) is 11.5 Å². The van der Waals surface area contributed by atoms with Crippen molar-refractivity contribution in [1.82, 2.24) is 4.98 Å². The van der Waals surface area contributed by atoms with E-state index in [-0.39, 0.29) is 12.6 Å². The number of esters is 3. The highest BCUT2D eigenvalue weighted by Gasteiger charge is 2.23. The molecule has 9 nitrogen and oxygen atoms in total. The van der Waals surface area contributed by atoms with E-state index in [1.807, 2.05) is 24.3 Å². The Labute approximate surface area is 334 Å². The average molecular weight is 779 g/mol. The van der Waals surface area contributed by atoms with E-state index in [4.69, 9.17) is 23.9 Å². The first-order valence-corrected chi connectivity index (χ1v) is 20.6. The summed E-state index contributed by atoms with van der Waals surface area (Å²) in [5.74, 6) is 0.834. The average Bonchev–Trinajstić information content (AvgIpc) is 3.64. The molecule has 0 aliphatic heterocycles.